The highest BCUT2D eigenvalue weighted by Crippen LogP contribution is 2.34. The molecule has 3 fully saturated rings. The van der Waals surface area contributed by atoms with E-state index in [4.69, 9.17) is 29.5 Å². The topological polar surface area (TPSA) is 193 Å². The average molecular weight is 1130 g/mol. The maximum absolute atomic E-state index is 12.9. The highest BCUT2D eigenvalue weighted by molar-refractivity contribution is 6.02. The third kappa shape index (κ3) is 15.8. The Bertz CT molecular complexity index is 2930. The first-order chi connectivity index (χ1) is 40.8. The van der Waals surface area contributed by atoms with Gasteiger partial charge in [-0.2, -0.15) is 15.3 Å². The quantitative estimate of drug-likeness (QED) is 0.0715. The van der Waals surface area contributed by atoms with Crippen molar-refractivity contribution in [3.63, 3.8) is 0 Å². The van der Waals surface area contributed by atoms with Crippen molar-refractivity contribution in [2.24, 2.45) is 0 Å². The van der Waals surface area contributed by atoms with Gasteiger partial charge in [-0.05, 0) is 125 Å². The molecule has 1 saturated carbocycles. The zero-order valence-corrected chi connectivity index (χ0v) is 48.8. The number of aromatic nitrogens is 6. The lowest BCUT2D eigenvalue weighted by Crippen LogP contribution is -3.14. The zero-order chi connectivity index (χ0) is 57.2. The zero-order valence-electron chi connectivity index (χ0n) is 48.8. The molecule has 5 heterocycles. The fourth-order valence-corrected chi connectivity index (χ4v) is 12.6. The van der Waals surface area contributed by atoms with Crippen molar-refractivity contribution in [1.82, 2.24) is 50.2 Å². The van der Waals surface area contributed by atoms with Gasteiger partial charge in [-0.15, -0.1) is 0 Å². The molecule has 3 aromatic heterocycles. The molecule has 4 N–H and O–H groups in total. The van der Waals surface area contributed by atoms with E-state index in [-0.39, 0.29) is 30.0 Å². The number of Topliss-reactive ketones (excluding diaryl/α,β-unsaturated/α-hetero) is 1. The van der Waals surface area contributed by atoms with Crippen LogP contribution in [0.4, 0.5) is 0 Å². The SMILES string of the molecule is COc1ccc(C(=O)CNC(=O)c2nn(C3CCCCC3)c3c2CCCC3)cc1.O=C(NCCN1CCOCC1)c1nn(Cc2ccccc2)c2c1CCCC2.O=C(NCC[NH+]1CCOCC1)c1nn(Cc2ccccc2)c2c1CCCC2. The molecule has 4 aliphatic carbocycles. The van der Waals surface area contributed by atoms with Crippen LogP contribution in [0.15, 0.2) is 84.9 Å². The van der Waals surface area contributed by atoms with Gasteiger partial charge in [0.05, 0.1) is 72.3 Å². The van der Waals surface area contributed by atoms with Crippen molar-refractivity contribution in [2.75, 3.05) is 92.4 Å². The summed E-state index contributed by atoms with van der Waals surface area (Å²) in [6.45, 7) is 11.7. The molecule has 6 aliphatic rings. The van der Waals surface area contributed by atoms with E-state index in [0.29, 0.717) is 47.5 Å². The van der Waals surface area contributed by atoms with E-state index in [0.717, 1.165) is 173 Å². The van der Waals surface area contributed by atoms with Crippen LogP contribution in [0.3, 0.4) is 0 Å². The minimum Gasteiger partial charge on any atom is -0.497 e. The first-order valence-corrected chi connectivity index (χ1v) is 30.9. The number of amides is 3. The largest absolute Gasteiger partial charge is 0.497 e. The molecule has 2 aliphatic heterocycles. The average Bonchev–Trinajstić information content (AvgIpc) is 4.35. The second-order valence-electron chi connectivity index (χ2n) is 22.9. The minimum atomic E-state index is -0.237. The van der Waals surface area contributed by atoms with Crippen LogP contribution in [0.25, 0.3) is 0 Å². The summed E-state index contributed by atoms with van der Waals surface area (Å²) in [6.07, 6.45) is 18.8. The number of methoxy groups -OCH3 is 1. The van der Waals surface area contributed by atoms with Crippen LogP contribution >= 0.6 is 0 Å². The molecule has 18 nitrogen and oxygen atoms in total. The lowest BCUT2D eigenvalue weighted by atomic mass is 9.92. The van der Waals surface area contributed by atoms with Gasteiger partial charge >= 0.3 is 0 Å². The monoisotopic (exact) mass is 1130 g/mol. The fourth-order valence-electron chi connectivity index (χ4n) is 12.6. The van der Waals surface area contributed by atoms with Gasteiger partial charge in [0.1, 0.15) is 18.8 Å². The third-order valence-corrected chi connectivity index (χ3v) is 17.2. The summed E-state index contributed by atoms with van der Waals surface area (Å²) in [5.41, 5.74) is 11.9. The summed E-state index contributed by atoms with van der Waals surface area (Å²) in [5, 5.41) is 23.2. The summed E-state index contributed by atoms with van der Waals surface area (Å²) in [4.78, 5) is 54.8. The van der Waals surface area contributed by atoms with Crippen molar-refractivity contribution in [3.8, 4) is 5.75 Å². The first kappa shape index (κ1) is 59.2. The van der Waals surface area contributed by atoms with Gasteiger partial charge < -0.3 is 35.1 Å². The summed E-state index contributed by atoms with van der Waals surface area (Å²) in [6, 6.07) is 28.0. The number of quaternary nitrogens is 1. The summed E-state index contributed by atoms with van der Waals surface area (Å²) >= 11 is 0. The van der Waals surface area contributed by atoms with E-state index in [1.807, 2.05) is 45.8 Å². The Balaban J connectivity index is 0.000000139. The van der Waals surface area contributed by atoms with Gasteiger partial charge in [0.15, 0.2) is 22.9 Å². The number of hydrogen-bond acceptors (Lipinski definition) is 11. The molecule has 0 unspecified atom stereocenters. The molecule has 3 aromatic carbocycles. The van der Waals surface area contributed by atoms with Gasteiger partial charge in [0.2, 0.25) is 0 Å². The Morgan fingerprint density at radius 3 is 1.61 bits per heavy atom. The molecule has 0 spiro atoms. The Labute approximate surface area is 489 Å². The van der Waals surface area contributed by atoms with Crippen LogP contribution in [0, 0.1) is 0 Å². The number of ether oxygens (including phenoxy) is 3. The lowest BCUT2D eigenvalue weighted by molar-refractivity contribution is -0.906. The van der Waals surface area contributed by atoms with Crippen LogP contribution in [0.1, 0.15) is 163 Å². The van der Waals surface area contributed by atoms with E-state index in [1.54, 1.807) is 31.4 Å². The predicted octanol–water partition coefficient (Wildman–Crippen LogP) is 6.22. The van der Waals surface area contributed by atoms with E-state index in [1.165, 1.54) is 65.2 Å². The van der Waals surface area contributed by atoms with Crippen LogP contribution in [0.2, 0.25) is 0 Å². The van der Waals surface area contributed by atoms with E-state index in [9.17, 15) is 19.2 Å². The predicted molar refractivity (Wildman–Crippen MR) is 318 cm³/mol. The second kappa shape index (κ2) is 30.0. The third-order valence-electron chi connectivity index (χ3n) is 17.2. The Morgan fingerprint density at radius 2 is 1.05 bits per heavy atom. The normalized spacial score (nSPS) is 17.3. The molecule has 442 valence electrons. The molecule has 3 amide bonds. The van der Waals surface area contributed by atoms with Crippen LogP contribution in [-0.4, -0.2) is 150 Å². The van der Waals surface area contributed by atoms with Crippen LogP contribution in [-0.2, 0) is 61.1 Å². The van der Waals surface area contributed by atoms with Gasteiger partial charge in [-0.3, -0.25) is 38.1 Å². The van der Waals surface area contributed by atoms with Crippen molar-refractivity contribution in [1.29, 1.82) is 0 Å². The van der Waals surface area contributed by atoms with E-state index < -0.39 is 0 Å². The van der Waals surface area contributed by atoms with Crippen molar-refractivity contribution >= 4 is 23.5 Å². The highest BCUT2D eigenvalue weighted by atomic mass is 16.5. The molecule has 12 rings (SSSR count). The van der Waals surface area contributed by atoms with Gasteiger partial charge in [-0.25, -0.2) is 0 Å². The summed E-state index contributed by atoms with van der Waals surface area (Å²) < 4.78 is 22.1. The van der Waals surface area contributed by atoms with E-state index >= 15 is 0 Å². The molecule has 83 heavy (non-hydrogen) atoms. The molecule has 0 atom stereocenters. The first-order valence-electron chi connectivity index (χ1n) is 30.9. The molecule has 0 radical (unpaired) electrons. The summed E-state index contributed by atoms with van der Waals surface area (Å²) in [7, 11) is 1.59. The Morgan fingerprint density at radius 1 is 0.554 bits per heavy atom. The highest BCUT2D eigenvalue weighted by Gasteiger charge is 2.30. The fraction of sp³-hybridized carbons (Fsp3) is 0.523. The number of morpholine rings is 2. The molecule has 18 heteroatoms. The van der Waals surface area contributed by atoms with Gasteiger partial charge in [0.25, 0.3) is 17.7 Å². The molecule has 0 bridgehead atoms. The Hall–Kier alpha value is -6.99. The maximum atomic E-state index is 12.9. The van der Waals surface area contributed by atoms with Crippen molar-refractivity contribution in [3.05, 3.63) is 152 Å². The van der Waals surface area contributed by atoms with Crippen molar-refractivity contribution < 1.29 is 38.3 Å². The lowest BCUT2D eigenvalue weighted by Gasteiger charge is -2.26. The number of carbonyl (C=O) groups excluding carboxylic acids is 4. The second-order valence-corrected chi connectivity index (χ2v) is 22.9. The number of carbonyl (C=O) groups is 4. The minimum absolute atomic E-state index is 0.0207. The smallest absolute Gasteiger partial charge is 0.272 e. The molecule has 6 aromatic rings. The number of nitrogens with zero attached hydrogens (tertiary/aromatic N) is 7. The van der Waals surface area contributed by atoms with Crippen LogP contribution in [0.5, 0.6) is 5.75 Å². The number of ketones is 1. The Kier molecular flexibility index (Phi) is 21.4. The molecule has 2 saturated heterocycles. The molecular weight excluding hydrogens is 1050 g/mol. The van der Waals surface area contributed by atoms with Crippen molar-refractivity contribution in [2.45, 2.75) is 128 Å². The van der Waals surface area contributed by atoms with E-state index in [2.05, 4.69) is 49.8 Å². The number of hydrogen-bond donors (Lipinski definition) is 4. The molecular formula is C65H86N11O7+. The number of fused-ring (bicyclic) bond motifs is 3. The number of benzene rings is 3. The summed E-state index contributed by atoms with van der Waals surface area (Å²) in [5.74, 6) is 0.285. The van der Waals surface area contributed by atoms with Gasteiger partial charge in [-0.1, -0.05) is 79.9 Å². The van der Waals surface area contributed by atoms with Crippen LogP contribution < -0.4 is 25.6 Å². The standard InChI is InChI=1S/C23H29N3O3.2C21H28N4O2/c1-29-18-13-11-16(12-14-18)21(27)15-24-23(28)22-19-9-5-6-10-20(19)26(25-22)17-7-3-2-4-8-17;2*26-21(22-10-11-24-12-14-27-15-13-24)20-18-8-4-5-9-19(18)25(23-20)16-17-6-2-1-3-7-17/h11-14,17H,2-10,15H2,1H3,(H,24,28);2*1-3,6-7H,4-5,8-16H2,(H,22,26)/p+1. The van der Waals surface area contributed by atoms with Gasteiger partial charge in [0, 0.05) is 65.5 Å². The number of nitrogens with one attached hydrogen (secondary N) is 4. The number of rotatable bonds is 18. The maximum Gasteiger partial charge on any atom is 0.272 e.